The van der Waals surface area contributed by atoms with Gasteiger partial charge in [0.15, 0.2) is 5.69 Å². The molecule has 1 amide bonds. The highest BCUT2D eigenvalue weighted by Crippen LogP contribution is 2.37. The number of carbonyl (C=O) groups is 1. The van der Waals surface area contributed by atoms with Crippen molar-refractivity contribution in [3.05, 3.63) is 94.4 Å². The summed E-state index contributed by atoms with van der Waals surface area (Å²) >= 11 is 0. The van der Waals surface area contributed by atoms with Gasteiger partial charge in [-0.2, -0.15) is 28.6 Å². The molecule has 0 radical (unpaired) electrons. The predicted octanol–water partition coefficient (Wildman–Crippen LogP) is 5.64. The van der Waals surface area contributed by atoms with Crippen molar-refractivity contribution < 1.29 is 18.0 Å². The van der Waals surface area contributed by atoms with Gasteiger partial charge in [-0.1, -0.05) is 30.3 Å². The molecular weight excluding hydrogens is 507 g/mol. The first-order valence-electron chi connectivity index (χ1n) is 11.9. The summed E-state index contributed by atoms with van der Waals surface area (Å²) in [7, 11) is 1.75. The van der Waals surface area contributed by atoms with Crippen LogP contribution in [0.25, 0.3) is 22.3 Å². The number of benzene rings is 2. The van der Waals surface area contributed by atoms with Crippen molar-refractivity contribution in [1.29, 1.82) is 5.26 Å². The van der Waals surface area contributed by atoms with Gasteiger partial charge in [0.1, 0.15) is 0 Å². The van der Waals surface area contributed by atoms with Gasteiger partial charge < -0.3 is 5.32 Å². The molecule has 0 bridgehead atoms. The minimum absolute atomic E-state index is 0.0265. The Morgan fingerprint density at radius 1 is 1.05 bits per heavy atom. The van der Waals surface area contributed by atoms with E-state index < -0.39 is 23.5 Å². The van der Waals surface area contributed by atoms with Crippen LogP contribution in [0.3, 0.4) is 0 Å². The maximum absolute atomic E-state index is 14.0. The van der Waals surface area contributed by atoms with Gasteiger partial charge in [0.2, 0.25) is 0 Å². The van der Waals surface area contributed by atoms with E-state index in [4.69, 9.17) is 5.26 Å². The topological polar surface area (TPSA) is 101 Å². The molecule has 39 heavy (non-hydrogen) atoms. The zero-order chi connectivity index (χ0) is 27.9. The number of nitrogens with one attached hydrogen (secondary N) is 1. The first kappa shape index (κ1) is 25.7. The Bertz CT molecular complexity index is 1760. The number of carbonyl (C=O) groups excluding carboxylic acids is 1. The van der Waals surface area contributed by atoms with Gasteiger partial charge >= 0.3 is 6.18 Å². The maximum Gasteiger partial charge on any atom is 0.437 e. The zero-order valence-electron chi connectivity index (χ0n) is 21.2. The van der Waals surface area contributed by atoms with Crippen LogP contribution < -0.4 is 5.32 Å². The Morgan fingerprint density at radius 3 is 2.41 bits per heavy atom. The Labute approximate surface area is 221 Å². The summed E-state index contributed by atoms with van der Waals surface area (Å²) < 4.78 is 44.9. The number of nitriles is 1. The van der Waals surface area contributed by atoms with Gasteiger partial charge in [-0.05, 0) is 49.7 Å². The second-order valence-corrected chi connectivity index (χ2v) is 9.09. The number of anilines is 1. The molecule has 11 heteroatoms. The second-order valence-electron chi connectivity index (χ2n) is 9.09. The van der Waals surface area contributed by atoms with E-state index in [0.717, 1.165) is 5.69 Å². The first-order valence-corrected chi connectivity index (χ1v) is 11.9. The lowest BCUT2D eigenvalue weighted by atomic mass is 10.1. The number of rotatable bonds is 5. The summed E-state index contributed by atoms with van der Waals surface area (Å²) in [5.74, 6) is -0.722. The first-order chi connectivity index (χ1) is 18.5. The Kier molecular flexibility index (Phi) is 6.39. The molecule has 0 aliphatic carbocycles. The molecule has 0 saturated carbocycles. The van der Waals surface area contributed by atoms with Crippen LogP contribution in [-0.2, 0) is 19.8 Å². The van der Waals surface area contributed by atoms with Crippen molar-refractivity contribution in [2.24, 2.45) is 7.05 Å². The molecule has 2 aromatic carbocycles. The summed E-state index contributed by atoms with van der Waals surface area (Å²) in [6.45, 7) is 3.32. The molecule has 3 aromatic heterocycles. The number of aryl methyl sites for hydroxylation is 2. The number of fused-ring (bicyclic) bond motifs is 1. The molecule has 5 rings (SSSR count). The highest BCUT2D eigenvalue weighted by atomic mass is 19.4. The molecule has 0 fully saturated rings. The number of para-hydroxylation sites is 1. The van der Waals surface area contributed by atoms with Crippen molar-refractivity contribution in [3.63, 3.8) is 0 Å². The minimum Gasteiger partial charge on any atom is -0.319 e. The number of aromatic nitrogens is 5. The van der Waals surface area contributed by atoms with Gasteiger partial charge in [0.05, 0.1) is 57.7 Å². The fourth-order valence-electron chi connectivity index (χ4n) is 4.43. The maximum atomic E-state index is 14.0. The molecule has 0 saturated heterocycles. The molecular formula is C28H22F3N7O. The molecule has 0 spiro atoms. The summed E-state index contributed by atoms with van der Waals surface area (Å²) in [6, 6.07) is 18.8. The van der Waals surface area contributed by atoms with E-state index in [1.54, 1.807) is 66.3 Å². The fourth-order valence-corrected chi connectivity index (χ4v) is 4.43. The number of pyridine rings is 1. The summed E-state index contributed by atoms with van der Waals surface area (Å²) in [5.41, 5.74) is 2.19. The summed E-state index contributed by atoms with van der Waals surface area (Å²) in [5, 5.41) is 20.1. The van der Waals surface area contributed by atoms with Crippen LogP contribution in [0.1, 0.15) is 38.6 Å². The van der Waals surface area contributed by atoms with Gasteiger partial charge in [0.25, 0.3) is 5.91 Å². The number of alkyl halides is 3. The van der Waals surface area contributed by atoms with Crippen molar-refractivity contribution in [1.82, 2.24) is 24.5 Å². The lowest BCUT2D eigenvalue weighted by Crippen LogP contribution is -2.17. The van der Waals surface area contributed by atoms with Crippen LogP contribution in [0.4, 0.5) is 18.9 Å². The van der Waals surface area contributed by atoms with Crippen LogP contribution in [0.2, 0.25) is 0 Å². The number of hydrogen-bond acceptors (Lipinski definition) is 5. The summed E-state index contributed by atoms with van der Waals surface area (Å²) in [6.07, 6.45) is -4.80. The Morgan fingerprint density at radius 2 is 1.77 bits per heavy atom. The van der Waals surface area contributed by atoms with Crippen molar-refractivity contribution in [2.45, 2.75) is 26.6 Å². The lowest BCUT2D eigenvalue weighted by Gasteiger charge is -2.12. The smallest absolute Gasteiger partial charge is 0.319 e. The van der Waals surface area contributed by atoms with Crippen LogP contribution in [-0.4, -0.2) is 30.5 Å². The van der Waals surface area contributed by atoms with E-state index in [2.05, 4.69) is 20.5 Å². The molecule has 0 unspecified atom stereocenters. The average Bonchev–Trinajstić information content (AvgIpc) is 3.41. The highest BCUT2D eigenvalue weighted by molar-refractivity contribution is 6.13. The van der Waals surface area contributed by atoms with Crippen LogP contribution in [0.15, 0.2) is 60.7 Å². The monoisotopic (exact) mass is 529 g/mol. The largest absolute Gasteiger partial charge is 0.437 e. The second kappa shape index (κ2) is 9.72. The minimum atomic E-state index is -4.80. The third-order valence-electron chi connectivity index (χ3n) is 6.35. The van der Waals surface area contributed by atoms with Crippen molar-refractivity contribution >= 4 is 22.5 Å². The Hall–Kier alpha value is -4.98. The van der Waals surface area contributed by atoms with Crippen molar-refractivity contribution in [3.8, 4) is 17.5 Å². The molecule has 1 N–H and O–H groups in total. The van der Waals surface area contributed by atoms with E-state index >= 15 is 0 Å². The molecule has 0 atom stereocenters. The van der Waals surface area contributed by atoms with Crippen molar-refractivity contribution in [2.75, 3.05) is 5.32 Å². The van der Waals surface area contributed by atoms with Gasteiger partial charge in [-0.25, -0.2) is 4.98 Å². The number of amides is 1. The van der Waals surface area contributed by atoms with Gasteiger partial charge in [-0.3, -0.25) is 14.2 Å². The van der Waals surface area contributed by atoms with E-state index in [1.807, 2.05) is 19.1 Å². The van der Waals surface area contributed by atoms with Crippen LogP contribution >= 0.6 is 0 Å². The quantitative estimate of drug-likeness (QED) is 0.318. The molecule has 5 aromatic rings. The van der Waals surface area contributed by atoms with Gasteiger partial charge in [0, 0.05) is 12.4 Å². The summed E-state index contributed by atoms with van der Waals surface area (Å²) in [4.78, 5) is 18.2. The normalized spacial score (nSPS) is 11.5. The third-order valence-corrected chi connectivity index (χ3v) is 6.35. The van der Waals surface area contributed by atoms with E-state index in [-0.39, 0.29) is 17.8 Å². The highest BCUT2D eigenvalue weighted by Gasteiger charge is 2.39. The van der Waals surface area contributed by atoms with Gasteiger partial charge in [-0.15, -0.1) is 0 Å². The third kappa shape index (κ3) is 4.96. The standard InChI is InChI=1S/C28H22F3N7O/c1-16-12-24(37(3)35-16)23-13-21(20-6-4-5-7-22(20)33-23)27(39)34-25-17(2)38(36-26(25)28(29,30)31)15-19-10-8-18(14-32)9-11-19/h4-13H,15H2,1-3H3,(H,34,39). The molecule has 0 aliphatic heterocycles. The van der Waals surface area contributed by atoms with Crippen LogP contribution in [0.5, 0.6) is 0 Å². The SMILES string of the molecule is Cc1cc(-c2cc(C(=O)Nc3c(C(F)(F)F)nn(Cc4ccc(C#N)cc4)c3C)c3ccccc3n2)n(C)n1. The molecule has 0 aliphatic rings. The molecule has 196 valence electrons. The number of nitrogens with zero attached hydrogens (tertiary/aromatic N) is 6. The Balaban J connectivity index is 1.56. The molecule has 3 heterocycles. The predicted molar refractivity (Wildman–Crippen MR) is 139 cm³/mol. The van der Waals surface area contributed by atoms with E-state index in [9.17, 15) is 18.0 Å². The fraction of sp³-hybridized carbons (Fsp3) is 0.179. The van der Waals surface area contributed by atoms with E-state index in [0.29, 0.717) is 33.4 Å². The lowest BCUT2D eigenvalue weighted by molar-refractivity contribution is -0.140. The average molecular weight is 530 g/mol. The van der Waals surface area contributed by atoms with Crippen LogP contribution in [0, 0.1) is 25.2 Å². The zero-order valence-corrected chi connectivity index (χ0v) is 21.2. The van der Waals surface area contributed by atoms with E-state index in [1.165, 1.54) is 11.6 Å². The molecule has 8 nitrogen and oxygen atoms in total. The number of hydrogen-bond donors (Lipinski definition) is 1. The number of halogens is 3.